The number of hydrogen-bond donors (Lipinski definition) is 0. The van der Waals surface area contributed by atoms with Gasteiger partial charge in [0.05, 0.1) is 17.5 Å². The van der Waals surface area contributed by atoms with Crippen LogP contribution in [0.3, 0.4) is 0 Å². The van der Waals surface area contributed by atoms with Gasteiger partial charge in [-0.3, -0.25) is 4.79 Å². The van der Waals surface area contributed by atoms with Crippen molar-refractivity contribution < 1.29 is 4.79 Å². The molecule has 0 saturated carbocycles. The van der Waals surface area contributed by atoms with Gasteiger partial charge in [0.25, 0.3) is 0 Å². The first-order chi connectivity index (χ1) is 7.89. The Balaban J connectivity index is 2.37. The Labute approximate surface area is 101 Å². The molecule has 0 bridgehead atoms. The van der Waals surface area contributed by atoms with E-state index in [4.69, 9.17) is 0 Å². The van der Waals surface area contributed by atoms with E-state index in [-0.39, 0.29) is 11.2 Å². The van der Waals surface area contributed by atoms with Gasteiger partial charge in [0.1, 0.15) is 11.6 Å². The molecule has 0 saturated heterocycles. The molecule has 0 radical (unpaired) electrons. The van der Waals surface area contributed by atoms with E-state index in [0.717, 1.165) is 16.9 Å². The predicted octanol–water partition coefficient (Wildman–Crippen LogP) is 2.73. The summed E-state index contributed by atoms with van der Waals surface area (Å²) in [4.78, 5) is 16.5. The van der Waals surface area contributed by atoms with Gasteiger partial charge in [-0.1, -0.05) is 32.9 Å². The van der Waals surface area contributed by atoms with Crippen LogP contribution in [0.5, 0.6) is 0 Å². The molecule has 0 aliphatic heterocycles. The molecule has 0 fully saturated rings. The molecule has 0 N–H and O–H groups in total. The molecular formula is C14H18N2O. The van der Waals surface area contributed by atoms with E-state index in [1.165, 1.54) is 0 Å². The molecule has 2 aromatic rings. The standard InChI is InChI=1S/C14H18N2O/c1-14(2,3)12(17)9-13-15-10-7-5-6-8-11(10)16(13)4/h5-8H,9H2,1-4H3. The number of fused-ring (bicyclic) bond motifs is 1. The van der Waals surface area contributed by atoms with Gasteiger partial charge >= 0.3 is 0 Å². The van der Waals surface area contributed by atoms with Crippen LogP contribution in [0.15, 0.2) is 24.3 Å². The van der Waals surface area contributed by atoms with Crippen LogP contribution in [0.1, 0.15) is 26.6 Å². The van der Waals surface area contributed by atoms with Crippen molar-refractivity contribution in [2.24, 2.45) is 12.5 Å². The second-order valence-corrected chi connectivity index (χ2v) is 5.43. The lowest BCUT2D eigenvalue weighted by Crippen LogP contribution is -2.23. The maximum absolute atomic E-state index is 12.0. The molecule has 3 heteroatoms. The van der Waals surface area contributed by atoms with Crippen molar-refractivity contribution in [1.82, 2.24) is 9.55 Å². The normalized spacial score (nSPS) is 12.0. The third-order valence-electron chi connectivity index (χ3n) is 3.03. The molecule has 17 heavy (non-hydrogen) atoms. The van der Waals surface area contributed by atoms with E-state index in [1.807, 2.05) is 56.7 Å². The van der Waals surface area contributed by atoms with Gasteiger partial charge in [-0.15, -0.1) is 0 Å². The quantitative estimate of drug-likeness (QED) is 0.795. The monoisotopic (exact) mass is 230 g/mol. The largest absolute Gasteiger partial charge is 0.331 e. The summed E-state index contributed by atoms with van der Waals surface area (Å²) in [5, 5.41) is 0. The highest BCUT2D eigenvalue weighted by molar-refractivity contribution is 5.86. The van der Waals surface area contributed by atoms with E-state index in [1.54, 1.807) is 0 Å². The summed E-state index contributed by atoms with van der Waals surface area (Å²) in [5.74, 6) is 1.06. The zero-order chi connectivity index (χ0) is 12.6. The van der Waals surface area contributed by atoms with Crippen molar-refractivity contribution >= 4 is 16.8 Å². The lowest BCUT2D eigenvalue weighted by atomic mass is 9.89. The number of Topliss-reactive ketones (excluding diaryl/α,β-unsaturated/α-hetero) is 1. The van der Waals surface area contributed by atoms with E-state index in [9.17, 15) is 4.79 Å². The average Bonchev–Trinajstić information content (AvgIpc) is 2.55. The molecule has 0 spiro atoms. The first kappa shape index (κ1) is 11.8. The van der Waals surface area contributed by atoms with Crippen LogP contribution in [0.4, 0.5) is 0 Å². The maximum Gasteiger partial charge on any atom is 0.145 e. The number of ketones is 1. The summed E-state index contributed by atoms with van der Waals surface area (Å²) in [7, 11) is 1.96. The van der Waals surface area contributed by atoms with E-state index < -0.39 is 0 Å². The average molecular weight is 230 g/mol. The molecule has 3 nitrogen and oxygen atoms in total. The lowest BCUT2D eigenvalue weighted by molar-refractivity contribution is -0.125. The fourth-order valence-electron chi connectivity index (χ4n) is 1.76. The molecule has 0 amide bonds. The number of aryl methyl sites for hydroxylation is 1. The third-order valence-corrected chi connectivity index (χ3v) is 3.03. The highest BCUT2D eigenvalue weighted by Gasteiger charge is 2.23. The molecular weight excluding hydrogens is 212 g/mol. The second kappa shape index (κ2) is 3.99. The van der Waals surface area contributed by atoms with Gasteiger partial charge in [-0.25, -0.2) is 4.98 Å². The predicted molar refractivity (Wildman–Crippen MR) is 68.9 cm³/mol. The van der Waals surface area contributed by atoms with Crippen LogP contribution < -0.4 is 0 Å². The van der Waals surface area contributed by atoms with Crippen LogP contribution in [0.25, 0.3) is 11.0 Å². The summed E-state index contributed by atoms with van der Waals surface area (Å²) >= 11 is 0. The first-order valence-corrected chi connectivity index (χ1v) is 5.83. The fraction of sp³-hybridized carbons (Fsp3) is 0.429. The van der Waals surface area contributed by atoms with Crippen molar-refractivity contribution in [1.29, 1.82) is 0 Å². The number of carbonyl (C=O) groups is 1. The zero-order valence-corrected chi connectivity index (χ0v) is 10.8. The van der Waals surface area contributed by atoms with E-state index >= 15 is 0 Å². The Bertz CT molecular complexity index is 561. The summed E-state index contributed by atoms with van der Waals surface area (Å²) in [6.45, 7) is 5.83. The molecule has 0 unspecified atom stereocenters. The topological polar surface area (TPSA) is 34.9 Å². The van der Waals surface area contributed by atoms with Gasteiger partial charge in [0.15, 0.2) is 0 Å². The van der Waals surface area contributed by atoms with Crippen molar-refractivity contribution in [3.8, 4) is 0 Å². The van der Waals surface area contributed by atoms with Crippen LogP contribution >= 0.6 is 0 Å². The number of benzene rings is 1. The van der Waals surface area contributed by atoms with Crippen LogP contribution in [0, 0.1) is 5.41 Å². The molecule has 1 aromatic carbocycles. The van der Waals surface area contributed by atoms with Gasteiger partial charge in [0.2, 0.25) is 0 Å². The summed E-state index contributed by atoms with van der Waals surface area (Å²) in [6, 6.07) is 7.94. The second-order valence-electron chi connectivity index (χ2n) is 5.43. The molecule has 2 rings (SSSR count). The molecule has 0 aliphatic rings. The molecule has 0 aliphatic carbocycles. The highest BCUT2D eigenvalue weighted by Crippen LogP contribution is 2.20. The van der Waals surface area contributed by atoms with Gasteiger partial charge < -0.3 is 4.57 Å². The number of aromatic nitrogens is 2. The minimum atomic E-state index is -0.307. The van der Waals surface area contributed by atoms with Crippen LogP contribution in [0.2, 0.25) is 0 Å². The van der Waals surface area contributed by atoms with E-state index in [0.29, 0.717) is 6.42 Å². The zero-order valence-electron chi connectivity index (χ0n) is 10.8. The van der Waals surface area contributed by atoms with Crippen molar-refractivity contribution in [3.05, 3.63) is 30.1 Å². The fourth-order valence-corrected chi connectivity index (χ4v) is 1.76. The Morgan fingerprint density at radius 3 is 2.53 bits per heavy atom. The Morgan fingerprint density at radius 1 is 1.29 bits per heavy atom. The minimum absolute atomic E-state index is 0.218. The number of carbonyl (C=O) groups excluding carboxylic acids is 1. The Hall–Kier alpha value is -1.64. The number of rotatable bonds is 2. The third kappa shape index (κ3) is 2.23. The van der Waals surface area contributed by atoms with Crippen molar-refractivity contribution in [2.75, 3.05) is 0 Å². The van der Waals surface area contributed by atoms with Gasteiger partial charge in [-0.2, -0.15) is 0 Å². The van der Waals surface area contributed by atoms with Crippen LogP contribution in [-0.4, -0.2) is 15.3 Å². The molecule has 90 valence electrons. The first-order valence-electron chi connectivity index (χ1n) is 5.83. The Kier molecular flexibility index (Phi) is 2.77. The summed E-state index contributed by atoms with van der Waals surface area (Å²) in [6.07, 6.45) is 0.397. The van der Waals surface area contributed by atoms with Gasteiger partial charge in [-0.05, 0) is 12.1 Å². The van der Waals surface area contributed by atoms with Gasteiger partial charge in [0, 0.05) is 12.5 Å². The SMILES string of the molecule is Cn1c(CC(=O)C(C)(C)C)nc2ccccc21. The smallest absolute Gasteiger partial charge is 0.145 e. The Morgan fingerprint density at radius 2 is 1.94 bits per heavy atom. The minimum Gasteiger partial charge on any atom is -0.331 e. The number of imidazole rings is 1. The van der Waals surface area contributed by atoms with Crippen molar-refractivity contribution in [3.63, 3.8) is 0 Å². The highest BCUT2D eigenvalue weighted by atomic mass is 16.1. The molecule has 1 aromatic heterocycles. The summed E-state index contributed by atoms with van der Waals surface area (Å²) < 4.78 is 2.00. The molecule has 1 heterocycles. The van der Waals surface area contributed by atoms with Crippen LogP contribution in [-0.2, 0) is 18.3 Å². The maximum atomic E-state index is 12.0. The summed E-state index contributed by atoms with van der Waals surface area (Å²) in [5.41, 5.74) is 1.72. The number of hydrogen-bond acceptors (Lipinski definition) is 2. The number of para-hydroxylation sites is 2. The number of nitrogens with zero attached hydrogens (tertiary/aromatic N) is 2. The van der Waals surface area contributed by atoms with Crippen molar-refractivity contribution in [2.45, 2.75) is 27.2 Å². The van der Waals surface area contributed by atoms with E-state index in [2.05, 4.69) is 4.98 Å². The lowest BCUT2D eigenvalue weighted by Gasteiger charge is -2.15. The molecule has 0 atom stereocenters.